The maximum absolute atomic E-state index is 11.9. The van der Waals surface area contributed by atoms with Gasteiger partial charge in [0.05, 0.1) is 13.3 Å². The molecule has 0 aliphatic rings. The van der Waals surface area contributed by atoms with Gasteiger partial charge in [0.25, 0.3) is 0 Å². The van der Waals surface area contributed by atoms with Crippen molar-refractivity contribution in [1.29, 1.82) is 0 Å². The molecule has 0 fully saturated rings. The lowest BCUT2D eigenvalue weighted by Gasteiger charge is -2.05. The first kappa shape index (κ1) is 10.2. The molecule has 13 heavy (non-hydrogen) atoms. The first-order valence-corrected chi connectivity index (χ1v) is 4.08. The van der Waals surface area contributed by atoms with Crippen LogP contribution in [0.4, 0.5) is 13.2 Å². The highest BCUT2D eigenvalue weighted by molar-refractivity contribution is 8.00. The highest BCUT2D eigenvalue weighted by Crippen LogP contribution is 2.37. The minimum atomic E-state index is -4.28. The summed E-state index contributed by atoms with van der Waals surface area (Å²) in [5, 5.41) is 0. The summed E-state index contributed by atoms with van der Waals surface area (Å²) < 4.78 is 40.3. The monoisotopic (exact) mass is 209 g/mol. The number of rotatable bonds is 2. The van der Waals surface area contributed by atoms with E-state index in [9.17, 15) is 13.2 Å². The van der Waals surface area contributed by atoms with Crippen molar-refractivity contribution in [3.63, 3.8) is 0 Å². The van der Waals surface area contributed by atoms with Crippen LogP contribution >= 0.6 is 11.8 Å². The van der Waals surface area contributed by atoms with Crippen LogP contribution in [0.15, 0.2) is 23.4 Å². The summed E-state index contributed by atoms with van der Waals surface area (Å²) in [6.07, 6.45) is 2.49. The SMILES string of the molecule is COc1cncc(SC(F)(F)F)c1. The van der Waals surface area contributed by atoms with E-state index in [-0.39, 0.29) is 16.7 Å². The molecule has 1 aromatic heterocycles. The second kappa shape index (κ2) is 3.87. The molecule has 0 spiro atoms. The van der Waals surface area contributed by atoms with Gasteiger partial charge in [-0.25, -0.2) is 0 Å². The lowest BCUT2D eigenvalue weighted by atomic mass is 10.5. The summed E-state index contributed by atoms with van der Waals surface area (Å²) in [5.41, 5.74) is -4.28. The average Bonchev–Trinajstić information content (AvgIpc) is 2.01. The fourth-order valence-corrected chi connectivity index (χ4v) is 1.26. The number of aromatic nitrogens is 1. The molecule has 1 rings (SSSR count). The Morgan fingerprint density at radius 2 is 2.08 bits per heavy atom. The van der Waals surface area contributed by atoms with E-state index in [1.54, 1.807) is 0 Å². The number of hydrogen-bond donors (Lipinski definition) is 0. The Bertz CT molecular complexity index is 289. The van der Waals surface area contributed by atoms with Crippen LogP contribution in [-0.2, 0) is 0 Å². The van der Waals surface area contributed by atoms with Crippen molar-refractivity contribution in [2.75, 3.05) is 7.11 Å². The third-order valence-electron chi connectivity index (χ3n) is 1.16. The van der Waals surface area contributed by atoms with Crippen LogP contribution in [0.2, 0.25) is 0 Å². The Hall–Kier alpha value is -0.910. The topological polar surface area (TPSA) is 22.1 Å². The molecule has 1 aromatic rings. The number of ether oxygens (including phenoxy) is 1. The van der Waals surface area contributed by atoms with Gasteiger partial charge in [-0.3, -0.25) is 4.98 Å². The number of methoxy groups -OCH3 is 1. The predicted octanol–water partition coefficient (Wildman–Crippen LogP) is 2.70. The summed E-state index contributed by atoms with van der Waals surface area (Å²) >= 11 is -0.212. The predicted molar refractivity (Wildman–Crippen MR) is 42.7 cm³/mol. The number of nitrogens with zero attached hydrogens (tertiary/aromatic N) is 1. The molecule has 0 amide bonds. The van der Waals surface area contributed by atoms with Gasteiger partial charge >= 0.3 is 5.51 Å². The molecule has 2 nitrogen and oxygen atoms in total. The molecule has 0 aliphatic heterocycles. The fourth-order valence-electron chi connectivity index (χ4n) is 0.700. The average molecular weight is 209 g/mol. The molecule has 1 heterocycles. The normalized spacial score (nSPS) is 11.4. The molecule has 0 bridgehead atoms. The van der Waals surface area contributed by atoms with Gasteiger partial charge in [-0.1, -0.05) is 0 Å². The van der Waals surface area contributed by atoms with Gasteiger partial charge in [-0.2, -0.15) is 13.2 Å². The summed E-state index contributed by atoms with van der Waals surface area (Å²) in [6.45, 7) is 0. The van der Waals surface area contributed by atoms with E-state index in [1.807, 2.05) is 0 Å². The van der Waals surface area contributed by atoms with E-state index in [4.69, 9.17) is 4.74 Å². The van der Waals surface area contributed by atoms with Gasteiger partial charge in [-0.15, -0.1) is 0 Å². The van der Waals surface area contributed by atoms with E-state index in [0.29, 0.717) is 5.75 Å². The molecule has 6 heteroatoms. The number of thioether (sulfide) groups is 1. The van der Waals surface area contributed by atoms with Crippen LogP contribution in [0, 0.1) is 0 Å². The summed E-state index contributed by atoms with van der Waals surface area (Å²) in [7, 11) is 1.37. The molecular weight excluding hydrogens is 203 g/mol. The van der Waals surface area contributed by atoms with Crippen molar-refractivity contribution >= 4 is 11.8 Å². The Balaban J connectivity index is 2.78. The number of alkyl halides is 3. The summed E-state index contributed by atoms with van der Waals surface area (Å²) in [5.74, 6) is 0.314. The van der Waals surface area contributed by atoms with Gasteiger partial charge in [0.2, 0.25) is 0 Å². The third kappa shape index (κ3) is 3.54. The molecular formula is C7H6F3NOS. The molecule has 0 unspecified atom stereocenters. The molecule has 0 aromatic carbocycles. The molecule has 0 atom stereocenters. The molecule has 0 aliphatic carbocycles. The van der Waals surface area contributed by atoms with E-state index < -0.39 is 5.51 Å². The zero-order chi connectivity index (χ0) is 9.90. The number of halogens is 3. The largest absolute Gasteiger partial charge is 0.495 e. The van der Waals surface area contributed by atoms with Gasteiger partial charge in [0.1, 0.15) is 5.75 Å². The van der Waals surface area contributed by atoms with Gasteiger partial charge in [0, 0.05) is 11.1 Å². The fraction of sp³-hybridized carbons (Fsp3) is 0.286. The third-order valence-corrected chi connectivity index (χ3v) is 1.85. The Morgan fingerprint density at radius 3 is 2.62 bits per heavy atom. The molecule has 0 saturated heterocycles. The second-order valence-electron chi connectivity index (χ2n) is 2.11. The minimum Gasteiger partial charge on any atom is -0.495 e. The van der Waals surface area contributed by atoms with Crippen LogP contribution in [0.25, 0.3) is 0 Å². The van der Waals surface area contributed by atoms with Gasteiger partial charge in [0.15, 0.2) is 0 Å². The quantitative estimate of drug-likeness (QED) is 0.699. The van der Waals surface area contributed by atoms with Crippen molar-refractivity contribution < 1.29 is 17.9 Å². The van der Waals surface area contributed by atoms with Crippen molar-refractivity contribution in [1.82, 2.24) is 4.98 Å². The van der Waals surface area contributed by atoms with E-state index in [2.05, 4.69) is 4.98 Å². The van der Waals surface area contributed by atoms with Crippen LogP contribution < -0.4 is 4.74 Å². The number of pyridine rings is 1. The van der Waals surface area contributed by atoms with Crippen LogP contribution in [0.5, 0.6) is 5.75 Å². The summed E-state index contributed by atoms with van der Waals surface area (Å²) in [4.78, 5) is 3.61. The van der Waals surface area contributed by atoms with E-state index in [0.717, 1.165) is 6.20 Å². The molecule has 0 saturated carbocycles. The van der Waals surface area contributed by atoms with E-state index >= 15 is 0 Å². The Morgan fingerprint density at radius 1 is 1.38 bits per heavy atom. The molecule has 72 valence electrons. The Kier molecular flexibility index (Phi) is 3.02. The number of hydrogen-bond acceptors (Lipinski definition) is 3. The van der Waals surface area contributed by atoms with Crippen molar-refractivity contribution in [2.45, 2.75) is 10.4 Å². The standard InChI is InChI=1S/C7H6F3NOS/c1-12-5-2-6(4-11-3-5)13-7(8,9)10/h2-4H,1H3. The summed E-state index contributed by atoms with van der Waals surface area (Å²) in [6, 6.07) is 1.28. The van der Waals surface area contributed by atoms with Crippen LogP contribution in [-0.4, -0.2) is 17.6 Å². The molecule has 0 N–H and O–H groups in total. The van der Waals surface area contributed by atoms with Crippen molar-refractivity contribution in [3.8, 4) is 5.75 Å². The highest BCUT2D eigenvalue weighted by atomic mass is 32.2. The second-order valence-corrected chi connectivity index (χ2v) is 3.25. The highest BCUT2D eigenvalue weighted by Gasteiger charge is 2.29. The lowest BCUT2D eigenvalue weighted by molar-refractivity contribution is -0.0328. The Labute approximate surface area is 77.1 Å². The van der Waals surface area contributed by atoms with Crippen LogP contribution in [0.1, 0.15) is 0 Å². The van der Waals surface area contributed by atoms with Crippen molar-refractivity contribution in [3.05, 3.63) is 18.5 Å². The maximum atomic E-state index is 11.9. The van der Waals surface area contributed by atoms with Gasteiger partial charge < -0.3 is 4.74 Å². The van der Waals surface area contributed by atoms with Gasteiger partial charge in [-0.05, 0) is 17.8 Å². The zero-order valence-corrected chi connectivity index (χ0v) is 7.45. The van der Waals surface area contributed by atoms with E-state index in [1.165, 1.54) is 19.4 Å². The first-order chi connectivity index (χ1) is 6.01. The molecule has 0 radical (unpaired) electrons. The maximum Gasteiger partial charge on any atom is 0.446 e. The smallest absolute Gasteiger partial charge is 0.446 e. The first-order valence-electron chi connectivity index (χ1n) is 3.26. The lowest BCUT2D eigenvalue weighted by Crippen LogP contribution is -1.99. The van der Waals surface area contributed by atoms with Crippen molar-refractivity contribution in [2.24, 2.45) is 0 Å². The van der Waals surface area contributed by atoms with Crippen LogP contribution in [0.3, 0.4) is 0 Å². The minimum absolute atomic E-state index is 0.0202. The zero-order valence-electron chi connectivity index (χ0n) is 6.63.